The van der Waals surface area contributed by atoms with Crippen molar-refractivity contribution in [1.29, 1.82) is 0 Å². The SMILES string of the molecule is I[C@@H]1CCCC1C1CCC[C@@H]1I. The lowest BCUT2D eigenvalue weighted by molar-refractivity contribution is 0.373. The van der Waals surface area contributed by atoms with Crippen molar-refractivity contribution >= 4 is 45.2 Å². The van der Waals surface area contributed by atoms with Gasteiger partial charge in [-0.25, -0.2) is 0 Å². The van der Waals surface area contributed by atoms with Crippen molar-refractivity contribution in [2.24, 2.45) is 11.8 Å². The smallest absolute Gasteiger partial charge is 0.0141 e. The maximum Gasteiger partial charge on any atom is 0.0141 e. The second-order valence-electron chi connectivity index (χ2n) is 4.22. The monoisotopic (exact) mass is 390 g/mol. The first-order valence-electron chi connectivity index (χ1n) is 5.07. The molecule has 2 rings (SSSR count). The molecule has 0 amide bonds. The zero-order valence-corrected chi connectivity index (χ0v) is 11.6. The van der Waals surface area contributed by atoms with E-state index in [0.29, 0.717) is 0 Å². The van der Waals surface area contributed by atoms with Crippen molar-refractivity contribution in [3.63, 3.8) is 0 Å². The van der Waals surface area contributed by atoms with Crippen molar-refractivity contribution in [2.45, 2.75) is 46.4 Å². The summed E-state index contributed by atoms with van der Waals surface area (Å²) in [4.78, 5) is 0. The van der Waals surface area contributed by atoms with E-state index in [1.807, 2.05) is 0 Å². The van der Waals surface area contributed by atoms with E-state index in [4.69, 9.17) is 0 Å². The number of alkyl halides is 2. The molecule has 4 atom stereocenters. The molecule has 0 heterocycles. The Hall–Kier alpha value is 1.46. The number of rotatable bonds is 1. The predicted octanol–water partition coefficient (Wildman–Crippen LogP) is 4.19. The van der Waals surface area contributed by atoms with Crippen LogP contribution in [0, 0.1) is 11.8 Å². The number of halogens is 2. The Morgan fingerprint density at radius 2 is 1.08 bits per heavy atom. The van der Waals surface area contributed by atoms with Crippen LogP contribution in [-0.2, 0) is 0 Å². The maximum absolute atomic E-state index is 2.69. The Bertz CT molecular complexity index is 140. The van der Waals surface area contributed by atoms with Gasteiger partial charge in [0.25, 0.3) is 0 Å². The van der Waals surface area contributed by atoms with Gasteiger partial charge in [0.15, 0.2) is 0 Å². The van der Waals surface area contributed by atoms with Crippen molar-refractivity contribution in [3.8, 4) is 0 Å². The Labute approximate surface area is 103 Å². The molecule has 0 radical (unpaired) electrons. The molecular weight excluding hydrogens is 374 g/mol. The molecule has 2 unspecified atom stereocenters. The molecule has 2 aliphatic rings. The summed E-state index contributed by atoms with van der Waals surface area (Å²) in [6.45, 7) is 0. The average Bonchev–Trinajstić information content (AvgIpc) is 2.59. The van der Waals surface area contributed by atoms with E-state index in [1.165, 1.54) is 38.5 Å². The van der Waals surface area contributed by atoms with Gasteiger partial charge in [-0.3, -0.25) is 0 Å². The summed E-state index contributed by atoms with van der Waals surface area (Å²) in [6, 6.07) is 0. The summed E-state index contributed by atoms with van der Waals surface area (Å²) in [6.07, 6.45) is 9.03. The van der Waals surface area contributed by atoms with E-state index in [1.54, 1.807) is 0 Å². The van der Waals surface area contributed by atoms with Crippen molar-refractivity contribution in [1.82, 2.24) is 0 Å². The van der Waals surface area contributed by atoms with Crippen molar-refractivity contribution in [3.05, 3.63) is 0 Å². The van der Waals surface area contributed by atoms with Gasteiger partial charge in [-0.2, -0.15) is 0 Å². The van der Waals surface area contributed by atoms with Gasteiger partial charge in [-0.05, 0) is 37.5 Å². The van der Waals surface area contributed by atoms with Crippen LogP contribution in [0.2, 0.25) is 0 Å². The first kappa shape index (κ1) is 9.99. The highest BCUT2D eigenvalue weighted by Gasteiger charge is 2.37. The molecule has 12 heavy (non-hydrogen) atoms. The van der Waals surface area contributed by atoms with E-state index in [9.17, 15) is 0 Å². The number of hydrogen-bond acceptors (Lipinski definition) is 0. The summed E-state index contributed by atoms with van der Waals surface area (Å²) in [5.41, 5.74) is 0. The predicted molar refractivity (Wildman–Crippen MR) is 70.3 cm³/mol. The van der Waals surface area contributed by atoms with Gasteiger partial charge in [0, 0.05) is 7.85 Å². The summed E-state index contributed by atoms with van der Waals surface area (Å²) < 4.78 is 2.01. The van der Waals surface area contributed by atoms with Crippen LogP contribution in [0.1, 0.15) is 38.5 Å². The molecule has 0 nitrogen and oxygen atoms in total. The molecule has 70 valence electrons. The first-order valence-corrected chi connectivity index (χ1v) is 7.56. The Morgan fingerprint density at radius 3 is 1.33 bits per heavy atom. The standard InChI is InChI=1S/C10H16I2/c11-9-5-1-3-7(9)8-4-2-6-10(8)12/h7-10H,1-6H2/t7?,8?,9-,10+. The van der Waals surface area contributed by atoms with Crippen LogP contribution in [0.15, 0.2) is 0 Å². The van der Waals surface area contributed by atoms with E-state index >= 15 is 0 Å². The topological polar surface area (TPSA) is 0 Å². The number of hydrogen-bond donors (Lipinski definition) is 0. The van der Waals surface area contributed by atoms with E-state index < -0.39 is 0 Å². The fourth-order valence-corrected chi connectivity index (χ4v) is 5.52. The Kier molecular flexibility index (Phi) is 3.60. The third kappa shape index (κ3) is 1.93. The third-order valence-electron chi connectivity index (χ3n) is 3.51. The van der Waals surface area contributed by atoms with Crippen LogP contribution in [0.5, 0.6) is 0 Å². The van der Waals surface area contributed by atoms with Crippen molar-refractivity contribution in [2.75, 3.05) is 0 Å². The fourth-order valence-electron chi connectivity index (χ4n) is 2.85. The summed E-state index contributed by atoms with van der Waals surface area (Å²) in [7, 11) is 0. The molecule has 0 aromatic carbocycles. The van der Waals surface area contributed by atoms with Gasteiger partial charge in [-0.1, -0.05) is 58.0 Å². The van der Waals surface area contributed by atoms with Gasteiger partial charge in [0.1, 0.15) is 0 Å². The summed E-state index contributed by atoms with van der Waals surface area (Å²) in [5.74, 6) is 2.16. The lowest BCUT2D eigenvalue weighted by atomic mass is 9.90. The second kappa shape index (κ2) is 4.32. The molecule has 0 aromatic heterocycles. The van der Waals surface area contributed by atoms with Gasteiger partial charge < -0.3 is 0 Å². The van der Waals surface area contributed by atoms with Crippen LogP contribution in [-0.4, -0.2) is 7.85 Å². The van der Waals surface area contributed by atoms with Crippen LogP contribution < -0.4 is 0 Å². The molecule has 2 fully saturated rings. The fraction of sp³-hybridized carbons (Fsp3) is 1.00. The summed E-state index contributed by atoms with van der Waals surface area (Å²) >= 11 is 5.38. The highest BCUT2D eigenvalue weighted by atomic mass is 127. The van der Waals surface area contributed by atoms with Crippen LogP contribution >= 0.6 is 45.2 Å². The molecule has 0 bridgehead atoms. The average molecular weight is 390 g/mol. The van der Waals surface area contributed by atoms with Crippen LogP contribution in [0.4, 0.5) is 0 Å². The molecular formula is C10H16I2. The van der Waals surface area contributed by atoms with Crippen LogP contribution in [0.25, 0.3) is 0 Å². The molecule has 0 saturated heterocycles. The minimum absolute atomic E-state index is 1.00. The normalized spacial score (nSPS) is 48.5. The van der Waals surface area contributed by atoms with E-state index in [2.05, 4.69) is 45.2 Å². The first-order chi connectivity index (χ1) is 5.79. The molecule has 0 spiro atoms. The maximum atomic E-state index is 2.69. The molecule has 0 N–H and O–H groups in total. The van der Waals surface area contributed by atoms with Crippen molar-refractivity contribution < 1.29 is 0 Å². The van der Waals surface area contributed by atoms with E-state index in [-0.39, 0.29) is 0 Å². The van der Waals surface area contributed by atoms with Crippen LogP contribution in [0.3, 0.4) is 0 Å². The highest BCUT2D eigenvalue weighted by molar-refractivity contribution is 14.1. The second-order valence-corrected chi connectivity index (χ2v) is 7.42. The molecule has 2 heteroatoms. The summed E-state index contributed by atoms with van der Waals surface area (Å²) in [5, 5.41) is 0. The lowest BCUT2D eigenvalue weighted by Gasteiger charge is -2.24. The lowest BCUT2D eigenvalue weighted by Crippen LogP contribution is -2.22. The minimum Gasteiger partial charge on any atom is -0.0823 e. The highest BCUT2D eigenvalue weighted by Crippen LogP contribution is 2.46. The molecule has 0 aromatic rings. The molecule has 2 aliphatic carbocycles. The third-order valence-corrected chi connectivity index (χ3v) is 6.61. The van der Waals surface area contributed by atoms with Gasteiger partial charge in [0.2, 0.25) is 0 Å². The molecule has 2 saturated carbocycles. The molecule has 0 aliphatic heterocycles. The van der Waals surface area contributed by atoms with Gasteiger partial charge >= 0.3 is 0 Å². The Balaban J connectivity index is 1.98. The van der Waals surface area contributed by atoms with Gasteiger partial charge in [0.05, 0.1) is 0 Å². The zero-order chi connectivity index (χ0) is 8.55. The van der Waals surface area contributed by atoms with Gasteiger partial charge in [-0.15, -0.1) is 0 Å². The minimum atomic E-state index is 1.00. The zero-order valence-electron chi connectivity index (χ0n) is 7.31. The Morgan fingerprint density at radius 1 is 0.667 bits per heavy atom. The van der Waals surface area contributed by atoms with E-state index in [0.717, 1.165) is 19.7 Å². The largest absolute Gasteiger partial charge is 0.0823 e. The quantitative estimate of drug-likeness (QED) is 0.466.